The number of aromatic nitrogens is 10. The minimum Gasteiger partial charge on any atom is -0.386 e. The van der Waals surface area contributed by atoms with Gasteiger partial charge in [0.2, 0.25) is 0 Å². The van der Waals surface area contributed by atoms with Gasteiger partial charge in [-0.25, -0.2) is 29.3 Å². The van der Waals surface area contributed by atoms with Crippen molar-refractivity contribution in [3.8, 4) is 22.8 Å². The molecular formula is C37H37Cl3N12O. The van der Waals surface area contributed by atoms with Crippen molar-refractivity contribution in [2.75, 3.05) is 11.5 Å². The number of halogens is 3. The highest BCUT2D eigenvalue weighted by atomic mass is 35.5. The van der Waals surface area contributed by atoms with Crippen molar-refractivity contribution >= 4 is 90.3 Å². The molecule has 0 saturated heterocycles. The number of nitrogens with two attached hydrogens (primary N) is 2. The van der Waals surface area contributed by atoms with Gasteiger partial charge in [-0.1, -0.05) is 46.9 Å². The third kappa shape index (κ3) is 5.56. The van der Waals surface area contributed by atoms with Crippen LogP contribution in [0.5, 0.6) is 0 Å². The average Bonchev–Trinajstić information content (AvgIpc) is 3.82. The molecule has 8 aromatic rings. The summed E-state index contributed by atoms with van der Waals surface area (Å²) < 4.78 is 3.67. The van der Waals surface area contributed by atoms with Gasteiger partial charge in [0.05, 0.1) is 53.9 Å². The Labute approximate surface area is 318 Å². The predicted molar refractivity (Wildman–Crippen MR) is 212 cm³/mol. The monoisotopic (exact) mass is 770 g/mol. The summed E-state index contributed by atoms with van der Waals surface area (Å²) in [7, 11) is 0. The Morgan fingerprint density at radius 2 is 1.26 bits per heavy atom. The van der Waals surface area contributed by atoms with Crippen LogP contribution in [0.3, 0.4) is 0 Å². The standard InChI is InChI=1S/C37H37Cl3N12O/c1-35(2,3)51-33-23(31(41)43-14-45-33)28(49-51)30-26(40)22-19(38)10-16(11-21(22)48-30)13-36(4,5)52-34-24(32(42)44-15-46-34)27(50-52)29-25(39)18-9-8-17(37(6,7)53)12-20(18)47-29/h8-12,14-15,47-48,53H,13H2,1-7H3,(H2,41,43,45)(H2,42,44,46). The fourth-order valence-electron chi connectivity index (χ4n) is 7.03. The van der Waals surface area contributed by atoms with E-state index in [4.69, 9.17) is 56.5 Å². The number of fused-ring (bicyclic) bond motifs is 4. The van der Waals surface area contributed by atoms with Crippen LogP contribution in [0, 0.1) is 0 Å². The molecule has 0 saturated carbocycles. The van der Waals surface area contributed by atoms with Gasteiger partial charge in [0.25, 0.3) is 0 Å². The van der Waals surface area contributed by atoms with Crippen LogP contribution in [0.2, 0.25) is 15.1 Å². The third-order valence-electron chi connectivity index (χ3n) is 9.60. The van der Waals surface area contributed by atoms with Crippen LogP contribution in [0.4, 0.5) is 11.6 Å². The molecule has 2 aromatic carbocycles. The summed E-state index contributed by atoms with van der Waals surface area (Å²) in [6, 6.07) is 9.55. The van der Waals surface area contributed by atoms with Gasteiger partial charge in [-0.2, -0.15) is 10.2 Å². The van der Waals surface area contributed by atoms with Crippen LogP contribution in [-0.2, 0) is 23.1 Å². The first kappa shape index (κ1) is 35.1. The first-order valence-corrected chi connectivity index (χ1v) is 18.0. The molecule has 0 aliphatic heterocycles. The van der Waals surface area contributed by atoms with Crippen molar-refractivity contribution in [2.45, 2.75) is 71.6 Å². The Kier molecular flexibility index (Phi) is 7.80. The van der Waals surface area contributed by atoms with Crippen LogP contribution in [-0.4, -0.2) is 54.6 Å². The molecule has 7 N–H and O–H groups in total. The second-order valence-corrected chi connectivity index (χ2v) is 16.7. The maximum absolute atomic E-state index is 10.6. The number of aromatic amines is 2. The Balaban J connectivity index is 1.23. The van der Waals surface area contributed by atoms with Gasteiger partial charge >= 0.3 is 0 Å². The molecule has 13 nitrogen and oxygen atoms in total. The van der Waals surface area contributed by atoms with Gasteiger partial charge in [-0.05, 0) is 84.2 Å². The van der Waals surface area contributed by atoms with Gasteiger partial charge in [0.15, 0.2) is 11.3 Å². The average molecular weight is 772 g/mol. The first-order valence-electron chi connectivity index (χ1n) is 16.9. The summed E-state index contributed by atoms with van der Waals surface area (Å²) in [5.41, 5.74) is 17.3. The van der Waals surface area contributed by atoms with Gasteiger partial charge < -0.3 is 26.5 Å². The highest BCUT2D eigenvalue weighted by Gasteiger charge is 2.32. The predicted octanol–water partition coefficient (Wildman–Crippen LogP) is 8.35. The zero-order valence-electron chi connectivity index (χ0n) is 30.1. The normalized spacial score (nSPS) is 13.0. The molecule has 0 aliphatic carbocycles. The van der Waals surface area contributed by atoms with Crippen LogP contribution >= 0.6 is 34.8 Å². The summed E-state index contributed by atoms with van der Waals surface area (Å²) in [5, 5.41) is 24.6. The van der Waals surface area contributed by atoms with Crippen molar-refractivity contribution in [1.29, 1.82) is 0 Å². The summed E-state index contributed by atoms with van der Waals surface area (Å²) in [4.78, 5) is 24.5. The number of nitrogens with one attached hydrogen (secondary N) is 2. The largest absolute Gasteiger partial charge is 0.386 e. The van der Waals surface area contributed by atoms with Crippen LogP contribution in [0.1, 0.15) is 59.6 Å². The number of H-pyrrole nitrogens is 2. The molecule has 0 fully saturated rings. The number of nitrogen functional groups attached to an aromatic ring is 2. The Hall–Kier alpha value is -4.95. The number of hydrogen-bond donors (Lipinski definition) is 5. The van der Waals surface area contributed by atoms with E-state index in [1.54, 1.807) is 13.8 Å². The summed E-state index contributed by atoms with van der Waals surface area (Å²) in [6.07, 6.45) is 3.34. The number of hydrogen-bond acceptors (Lipinski definition) is 9. The summed E-state index contributed by atoms with van der Waals surface area (Å²) >= 11 is 21.0. The molecule has 0 aliphatic rings. The number of benzene rings is 2. The van der Waals surface area contributed by atoms with E-state index in [9.17, 15) is 5.11 Å². The van der Waals surface area contributed by atoms with Gasteiger partial charge in [-0.15, -0.1) is 0 Å². The fraction of sp³-hybridized carbons (Fsp3) is 0.297. The second-order valence-electron chi connectivity index (χ2n) is 15.5. The minimum atomic E-state index is -1.03. The van der Waals surface area contributed by atoms with Crippen molar-refractivity contribution in [1.82, 2.24) is 49.5 Å². The number of rotatable bonds is 6. The van der Waals surface area contributed by atoms with Gasteiger partial charge in [-0.3, -0.25) is 0 Å². The van der Waals surface area contributed by atoms with E-state index in [1.807, 2.05) is 60.5 Å². The Morgan fingerprint density at radius 1 is 0.698 bits per heavy atom. The van der Waals surface area contributed by atoms with E-state index in [0.29, 0.717) is 77.5 Å². The molecule has 0 bridgehead atoms. The lowest BCUT2D eigenvalue weighted by atomic mass is 9.94. The van der Waals surface area contributed by atoms with Gasteiger partial charge in [0, 0.05) is 21.8 Å². The molecule has 272 valence electrons. The van der Waals surface area contributed by atoms with E-state index in [1.165, 1.54) is 12.7 Å². The number of nitrogens with zero attached hydrogens (tertiary/aromatic N) is 8. The SMILES string of the molecule is CC(C)(O)c1ccc2c(Cl)c(-c3nn(C(C)(C)Cc4cc(Cl)c5c(Cl)c(-c6nn(C(C)(C)C)c7ncnc(N)c67)[nH]c5c4)c4ncnc(N)c34)[nH]c2c1. The van der Waals surface area contributed by atoms with E-state index in [-0.39, 0.29) is 5.82 Å². The Bertz CT molecular complexity index is 2780. The lowest BCUT2D eigenvalue weighted by Crippen LogP contribution is -2.30. The molecule has 6 aromatic heterocycles. The number of aliphatic hydroxyl groups is 1. The van der Waals surface area contributed by atoms with E-state index >= 15 is 0 Å². The smallest absolute Gasteiger partial charge is 0.164 e. The molecule has 6 heterocycles. The fourth-order valence-corrected chi connectivity index (χ4v) is 8.06. The Morgan fingerprint density at radius 3 is 1.87 bits per heavy atom. The number of anilines is 2. The van der Waals surface area contributed by atoms with Crippen LogP contribution in [0.15, 0.2) is 43.0 Å². The lowest BCUT2D eigenvalue weighted by Gasteiger charge is -2.26. The molecule has 53 heavy (non-hydrogen) atoms. The van der Waals surface area contributed by atoms with E-state index < -0.39 is 16.7 Å². The molecule has 0 amide bonds. The second kappa shape index (κ2) is 11.8. The lowest BCUT2D eigenvalue weighted by molar-refractivity contribution is 0.0787. The quantitative estimate of drug-likeness (QED) is 0.111. The third-order valence-corrected chi connectivity index (χ3v) is 10.7. The molecule has 8 rings (SSSR count). The zero-order valence-corrected chi connectivity index (χ0v) is 32.3. The summed E-state index contributed by atoms with van der Waals surface area (Å²) in [6.45, 7) is 13.7. The molecule has 16 heteroatoms. The van der Waals surface area contributed by atoms with Crippen LogP contribution < -0.4 is 11.5 Å². The maximum Gasteiger partial charge on any atom is 0.164 e. The van der Waals surface area contributed by atoms with Crippen LogP contribution in [0.25, 0.3) is 66.6 Å². The molecule has 0 unspecified atom stereocenters. The minimum absolute atomic E-state index is 0.268. The van der Waals surface area contributed by atoms with Crippen molar-refractivity contribution < 1.29 is 5.11 Å². The highest BCUT2D eigenvalue weighted by molar-refractivity contribution is 6.44. The molecular weight excluding hydrogens is 735 g/mol. The molecule has 0 radical (unpaired) electrons. The van der Waals surface area contributed by atoms with Crippen molar-refractivity contribution in [3.05, 3.63) is 69.2 Å². The van der Waals surface area contributed by atoms with E-state index in [0.717, 1.165) is 27.5 Å². The van der Waals surface area contributed by atoms with Gasteiger partial charge in [0.1, 0.15) is 35.7 Å². The molecule has 0 atom stereocenters. The zero-order chi connectivity index (χ0) is 37.9. The maximum atomic E-state index is 10.6. The topological polar surface area (TPSA) is 191 Å². The summed E-state index contributed by atoms with van der Waals surface area (Å²) in [5.74, 6) is 0.566. The van der Waals surface area contributed by atoms with Crippen molar-refractivity contribution in [2.24, 2.45) is 0 Å². The first-order chi connectivity index (χ1) is 24.8. The molecule has 0 spiro atoms. The van der Waals surface area contributed by atoms with Crippen molar-refractivity contribution in [3.63, 3.8) is 0 Å². The highest BCUT2D eigenvalue weighted by Crippen LogP contribution is 2.44. The van der Waals surface area contributed by atoms with E-state index in [2.05, 4.69) is 43.8 Å².